The largest absolute Gasteiger partial charge is 0.309 e. The lowest BCUT2D eigenvalue weighted by Gasteiger charge is -2.16. The van der Waals surface area contributed by atoms with Crippen LogP contribution in [-0.4, -0.2) is 14.0 Å². The predicted molar refractivity (Wildman–Crippen MR) is 184 cm³/mol. The van der Waals surface area contributed by atoms with Gasteiger partial charge in [-0.1, -0.05) is 103 Å². The Morgan fingerprint density at radius 1 is 0.477 bits per heavy atom. The summed E-state index contributed by atoms with van der Waals surface area (Å²) in [5, 5.41) is 10.4. The Hall–Kier alpha value is -5.93. The molecule has 7 aromatic carbocycles. The van der Waals surface area contributed by atoms with Crippen LogP contribution in [0.3, 0.4) is 0 Å². The van der Waals surface area contributed by atoms with Crippen LogP contribution < -0.4 is 0 Å². The van der Waals surface area contributed by atoms with Gasteiger partial charge in [0.05, 0.1) is 16.7 Å². The molecule has 0 saturated carbocycles. The first-order valence-electron chi connectivity index (χ1n) is 15.1. The predicted octanol–water partition coefficient (Wildman–Crippen LogP) is 10.7. The average Bonchev–Trinajstić information content (AvgIpc) is 3.67. The molecule has 10 rings (SSSR count). The number of aromatic nitrogens is 3. The lowest BCUT2D eigenvalue weighted by atomic mass is 9.88. The van der Waals surface area contributed by atoms with E-state index in [0.717, 1.165) is 16.9 Å². The minimum atomic E-state index is 0.958. The molecule has 3 aromatic heterocycles. The summed E-state index contributed by atoms with van der Waals surface area (Å²) >= 11 is 0. The fourth-order valence-corrected chi connectivity index (χ4v) is 7.33. The molecule has 10 aromatic rings. The number of hydrogen-bond acceptors (Lipinski definition) is 1. The fourth-order valence-electron chi connectivity index (χ4n) is 7.33. The number of para-hydroxylation sites is 2. The zero-order valence-electron chi connectivity index (χ0n) is 23.8. The zero-order chi connectivity index (χ0) is 28.8. The van der Waals surface area contributed by atoms with Gasteiger partial charge < -0.3 is 8.97 Å². The summed E-state index contributed by atoms with van der Waals surface area (Å²) in [5.74, 6) is 0. The number of fused-ring (bicyclic) bond motifs is 5. The molecule has 0 saturated heterocycles. The first kappa shape index (κ1) is 23.6. The number of rotatable bonds is 3. The van der Waals surface area contributed by atoms with E-state index in [0.29, 0.717) is 0 Å². The molecule has 0 bridgehead atoms. The number of pyridine rings is 1. The highest BCUT2D eigenvalue weighted by Gasteiger charge is 2.19. The Morgan fingerprint density at radius 2 is 1.20 bits per heavy atom. The maximum atomic E-state index is 4.82. The molecule has 0 unspecified atom stereocenters. The molecule has 0 N–H and O–H groups in total. The number of nitrogens with zero attached hydrogens (tertiary/aromatic N) is 3. The van der Waals surface area contributed by atoms with Gasteiger partial charge in [0.25, 0.3) is 0 Å². The van der Waals surface area contributed by atoms with Crippen LogP contribution in [0.5, 0.6) is 0 Å². The smallest absolute Gasteiger partial charge is 0.137 e. The van der Waals surface area contributed by atoms with Crippen molar-refractivity contribution in [3.63, 3.8) is 0 Å². The van der Waals surface area contributed by atoms with Crippen molar-refractivity contribution < 1.29 is 0 Å². The van der Waals surface area contributed by atoms with Gasteiger partial charge >= 0.3 is 0 Å². The summed E-state index contributed by atoms with van der Waals surface area (Å²) in [5.41, 5.74) is 9.17. The minimum absolute atomic E-state index is 0.958. The monoisotopic (exact) mass is 559 g/mol. The van der Waals surface area contributed by atoms with E-state index in [-0.39, 0.29) is 0 Å². The second-order valence-electron chi connectivity index (χ2n) is 11.7. The third-order valence-electron chi connectivity index (χ3n) is 9.29. The maximum Gasteiger partial charge on any atom is 0.137 e. The number of hydrogen-bond donors (Lipinski definition) is 0. The highest BCUT2D eigenvalue weighted by molar-refractivity contribution is 6.34. The van der Waals surface area contributed by atoms with Gasteiger partial charge in [-0.15, -0.1) is 0 Å². The normalized spacial score (nSPS) is 12.1. The first-order chi connectivity index (χ1) is 21.8. The van der Waals surface area contributed by atoms with Gasteiger partial charge in [0.1, 0.15) is 5.65 Å². The fraction of sp³-hybridized carbons (Fsp3) is 0. The molecule has 0 atom stereocenters. The van der Waals surface area contributed by atoms with Crippen molar-refractivity contribution >= 4 is 59.8 Å². The maximum absolute atomic E-state index is 4.82. The molecule has 3 heteroatoms. The molecule has 204 valence electrons. The van der Waals surface area contributed by atoms with Crippen molar-refractivity contribution in [2.24, 2.45) is 0 Å². The van der Waals surface area contributed by atoms with Crippen molar-refractivity contribution in [3.8, 4) is 28.1 Å². The summed E-state index contributed by atoms with van der Waals surface area (Å²) in [6.07, 6.45) is 4.13. The summed E-state index contributed by atoms with van der Waals surface area (Å²) in [4.78, 5) is 4.82. The lowest BCUT2D eigenvalue weighted by Crippen LogP contribution is -1.93. The molecule has 0 amide bonds. The van der Waals surface area contributed by atoms with Crippen LogP contribution in [0.25, 0.3) is 87.8 Å². The van der Waals surface area contributed by atoms with Crippen LogP contribution in [0.2, 0.25) is 0 Å². The third kappa shape index (κ3) is 3.24. The Labute approximate surface area is 253 Å². The van der Waals surface area contributed by atoms with Gasteiger partial charge in [0.15, 0.2) is 0 Å². The van der Waals surface area contributed by atoms with E-state index < -0.39 is 0 Å². The van der Waals surface area contributed by atoms with Crippen LogP contribution in [-0.2, 0) is 0 Å². The second-order valence-corrected chi connectivity index (χ2v) is 11.7. The lowest BCUT2D eigenvalue weighted by molar-refractivity contribution is 1.18. The Balaban J connectivity index is 1.21. The van der Waals surface area contributed by atoms with Gasteiger partial charge in [-0.05, 0) is 79.8 Å². The van der Waals surface area contributed by atoms with Gasteiger partial charge in [0, 0.05) is 34.4 Å². The Bertz CT molecular complexity index is 2660. The zero-order valence-corrected chi connectivity index (χ0v) is 23.8. The average molecular weight is 560 g/mol. The summed E-state index contributed by atoms with van der Waals surface area (Å²) in [6.45, 7) is 0. The number of imidazole rings is 1. The first-order valence-corrected chi connectivity index (χ1v) is 15.1. The van der Waals surface area contributed by atoms with Crippen LogP contribution in [0.4, 0.5) is 0 Å². The summed E-state index contributed by atoms with van der Waals surface area (Å²) in [7, 11) is 0. The highest BCUT2D eigenvalue weighted by atomic mass is 15.0. The summed E-state index contributed by atoms with van der Waals surface area (Å²) in [6, 6.07) is 50.7. The quantitative estimate of drug-likeness (QED) is 0.197. The molecule has 0 aliphatic carbocycles. The van der Waals surface area contributed by atoms with Crippen LogP contribution in [0.15, 0.2) is 152 Å². The molecule has 3 nitrogen and oxygen atoms in total. The van der Waals surface area contributed by atoms with Crippen LogP contribution in [0.1, 0.15) is 0 Å². The second kappa shape index (κ2) is 8.79. The van der Waals surface area contributed by atoms with Crippen molar-refractivity contribution in [3.05, 3.63) is 152 Å². The van der Waals surface area contributed by atoms with E-state index >= 15 is 0 Å². The topological polar surface area (TPSA) is 22.2 Å². The Kier molecular flexibility index (Phi) is 4.72. The number of benzene rings is 7. The Morgan fingerprint density at radius 3 is 2.09 bits per heavy atom. The molecule has 44 heavy (non-hydrogen) atoms. The van der Waals surface area contributed by atoms with Crippen molar-refractivity contribution in [2.75, 3.05) is 0 Å². The van der Waals surface area contributed by atoms with E-state index in [1.807, 2.05) is 24.4 Å². The van der Waals surface area contributed by atoms with E-state index in [2.05, 4.69) is 136 Å². The molecule has 3 heterocycles. The molecule has 0 spiro atoms. The van der Waals surface area contributed by atoms with Crippen LogP contribution >= 0.6 is 0 Å². The van der Waals surface area contributed by atoms with E-state index in [1.54, 1.807) is 0 Å². The van der Waals surface area contributed by atoms with E-state index in [9.17, 15) is 0 Å². The molecule has 0 aliphatic rings. The van der Waals surface area contributed by atoms with E-state index in [4.69, 9.17) is 4.98 Å². The van der Waals surface area contributed by atoms with Gasteiger partial charge in [-0.25, -0.2) is 4.98 Å². The minimum Gasteiger partial charge on any atom is -0.309 e. The van der Waals surface area contributed by atoms with Crippen LogP contribution in [0, 0.1) is 0 Å². The summed E-state index contributed by atoms with van der Waals surface area (Å²) < 4.78 is 4.48. The molecule has 0 fully saturated rings. The van der Waals surface area contributed by atoms with Crippen molar-refractivity contribution in [1.82, 2.24) is 14.0 Å². The molecular formula is C41H25N3. The third-order valence-corrected chi connectivity index (χ3v) is 9.29. The standard InChI is InChI=1S/C41H25N3/c1-2-8-30(9-3-1)44-36-11-5-4-10-33(36)41-34-22-18-28-17-20-31(32-21-19-29(24-37(41)44)40(34)39(28)32)26-13-15-27(16-14-26)35-25-43-23-7-6-12-38(43)42-35/h1-25H. The highest BCUT2D eigenvalue weighted by Crippen LogP contribution is 2.45. The molecule has 0 radical (unpaired) electrons. The van der Waals surface area contributed by atoms with Gasteiger partial charge in [-0.3, -0.25) is 0 Å². The van der Waals surface area contributed by atoms with E-state index in [1.165, 1.54) is 70.9 Å². The van der Waals surface area contributed by atoms with Crippen molar-refractivity contribution in [1.29, 1.82) is 0 Å². The molecular weight excluding hydrogens is 534 g/mol. The van der Waals surface area contributed by atoms with Crippen molar-refractivity contribution in [2.45, 2.75) is 0 Å². The van der Waals surface area contributed by atoms with Gasteiger partial charge in [0.2, 0.25) is 0 Å². The SMILES string of the molecule is c1ccc(-n2c3ccccc3c3c4ccc5ccc(-c6ccc(-c7cn8ccccc8n7)cc6)c6ccc(cc32)c4c56)cc1. The van der Waals surface area contributed by atoms with Gasteiger partial charge in [-0.2, -0.15) is 0 Å². The molecule has 0 aliphatic heterocycles.